The van der Waals surface area contributed by atoms with Crippen LogP contribution in [0.1, 0.15) is 220 Å². The van der Waals surface area contributed by atoms with Gasteiger partial charge in [-0.05, 0) is 115 Å². The standard InChI is InChI=1S/C68H113N2O7P/c1-7-10-13-16-19-22-25-28-30-32-34-35-37-38-40-42-45-48-51-54-57-60-67(71)69-65(64-76-78(73,74)75-63-62-70(4,5)6)66(59-56-53-50-47-44-27-24-21-18-15-12-9-3)77-68(72)61-58-55-52-49-46-43-41-39-36-33-31-29-26-23-20-17-14-11-8-2/h10-11,13-14,19-20,22-23,28-31,34-36,38-40,43,46,52,55-56,59,65-66H,7-9,12,15-18,21,24-27,32-33,37,41-42,44-45,47-51,53-54,57-58,60-64H2,1-6H3,(H-,69,71,73,74)/b13-10-,14-11-,22-19-,23-20-,30-28-,31-29-,35-34-,39-36-,40-38-,46-43-,55-52-,59-56+. The van der Waals surface area contributed by atoms with E-state index in [4.69, 9.17) is 13.8 Å². The summed E-state index contributed by atoms with van der Waals surface area (Å²) in [5, 5.41) is 2.99. The lowest BCUT2D eigenvalue weighted by molar-refractivity contribution is -0.870. The van der Waals surface area contributed by atoms with Gasteiger partial charge in [-0.1, -0.05) is 238 Å². The average Bonchev–Trinajstić information content (AvgIpc) is 3.40. The molecule has 0 aliphatic carbocycles. The van der Waals surface area contributed by atoms with Gasteiger partial charge in [0.05, 0.1) is 33.8 Å². The summed E-state index contributed by atoms with van der Waals surface area (Å²) < 4.78 is 30.2. The summed E-state index contributed by atoms with van der Waals surface area (Å²) in [4.78, 5) is 40.0. The number of hydrogen-bond donors (Lipinski definition) is 1. The Hall–Kier alpha value is -4.11. The van der Waals surface area contributed by atoms with Gasteiger partial charge in [0, 0.05) is 12.8 Å². The first kappa shape index (κ1) is 73.9. The molecular weight excluding hydrogens is 988 g/mol. The number of unbranched alkanes of at least 4 members (excludes halogenated alkanes) is 15. The Bertz CT molecular complexity index is 1840. The lowest BCUT2D eigenvalue weighted by Crippen LogP contribution is -2.47. The van der Waals surface area contributed by atoms with Gasteiger partial charge in [0.2, 0.25) is 5.91 Å². The van der Waals surface area contributed by atoms with Crippen LogP contribution >= 0.6 is 7.82 Å². The Kier molecular flexibility index (Phi) is 53.2. The molecule has 0 aromatic carbocycles. The van der Waals surface area contributed by atoms with E-state index < -0.39 is 32.5 Å². The monoisotopic (exact) mass is 1100 g/mol. The number of rotatable bonds is 53. The second kappa shape index (κ2) is 56.2. The van der Waals surface area contributed by atoms with Crippen molar-refractivity contribution in [1.82, 2.24) is 5.32 Å². The van der Waals surface area contributed by atoms with E-state index >= 15 is 0 Å². The van der Waals surface area contributed by atoms with Gasteiger partial charge < -0.3 is 28.5 Å². The van der Waals surface area contributed by atoms with Crippen molar-refractivity contribution in [3.8, 4) is 0 Å². The highest BCUT2D eigenvalue weighted by Crippen LogP contribution is 2.38. The highest BCUT2D eigenvalue weighted by Gasteiger charge is 2.27. The Morgan fingerprint density at radius 3 is 1.26 bits per heavy atom. The number of phosphoric ester groups is 1. The molecule has 0 rings (SSSR count). The summed E-state index contributed by atoms with van der Waals surface area (Å²) in [6.45, 7) is 6.52. The number of quaternary nitrogens is 1. The smallest absolute Gasteiger partial charge is 0.306 e. The third-order valence-electron chi connectivity index (χ3n) is 12.5. The van der Waals surface area contributed by atoms with Crippen molar-refractivity contribution in [2.24, 2.45) is 0 Å². The van der Waals surface area contributed by atoms with Crippen LogP contribution in [0.3, 0.4) is 0 Å². The van der Waals surface area contributed by atoms with Gasteiger partial charge in [0.15, 0.2) is 0 Å². The molecule has 3 atom stereocenters. The maximum atomic E-state index is 13.5. The van der Waals surface area contributed by atoms with Gasteiger partial charge in [-0.25, -0.2) is 0 Å². The molecule has 1 N–H and O–H groups in total. The van der Waals surface area contributed by atoms with Crippen molar-refractivity contribution in [2.45, 2.75) is 232 Å². The van der Waals surface area contributed by atoms with Crippen LogP contribution in [0.2, 0.25) is 0 Å². The molecule has 0 saturated heterocycles. The SMILES string of the molecule is CC/C=C\C/C=C\C/C=C\C/C=C\C/C=C\C/C=C\CCC(=O)OC(/C=C/CCCCCCCCCCCC)C(COP(=O)([O-])OCC[N+](C)(C)C)NC(=O)CCCCCCC/C=C\C/C=C\C/C=C\C/C=C\C/C=C\CC. The fourth-order valence-electron chi connectivity index (χ4n) is 7.87. The predicted octanol–water partition coefficient (Wildman–Crippen LogP) is 18.4. The van der Waals surface area contributed by atoms with E-state index in [0.29, 0.717) is 23.9 Å². The highest BCUT2D eigenvalue weighted by molar-refractivity contribution is 7.45. The molecule has 0 heterocycles. The molecule has 1 amide bonds. The van der Waals surface area contributed by atoms with Crippen LogP contribution in [0.5, 0.6) is 0 Å². The first-order valence-electron chi connectivity index (χ1n) is 30.6. The van der Waals surface area contributed by atoms with Gasteiger partial charge in [0.25, 0.3) is 7.82 Å². The zero-order chi connectivity index (χ0) is 57.2. The Morgan fingerprint density at radius 2 is 0.833 bits per heavy atom. The molecule has 0 spiro atoms. The molecule has 0 radical (unpaired) electrons. The van der Waals surface area contributed by atoms with E-state index in [1.807, 2.05) is 39.4 Å². The molecule has 0 aliphatic heterocycles. The number of amides is 1. The van der Waals surface area contributed by atoms with E-state index in [2.05, 4.69) is 148 Å². The zero-order valence-corrected chi connectivity index (χ0v) is 51.2. The van der Waals surface area contributed by atoms with Crippen LogP contribution in [0, 0.1) is 0 Å². The topological polar surface area (TPSA) is 114 Å². The summed E-state index contributed by atoms with van der Waals surface area (Å²) in [5.41, 5.74) is 0. The first-order valence-corrected chi connectivity index (χ1v) is 32.1. The number of phosphoric acid groups is 1. The molecular formula is C68H113N2O7P. The molecule has 3 unspecified atom stereocenters. The highest BCUT2D eigenvalue weighted by atomic mass is 31.2. The molecule has 0 fully saturated rings. The molecule has 0 aromatic rings. The number of likely N-dealkylation sites (N-methyl/N-ethyl adjacent to an activating group) is 1. The van der Waals surface area contributed by atoms with E-state index in [9.17, 15) is 19.0 Å². The maximum Gasteiger partial charge on any atom is 0.306 e. The number of nitrogens with zero attached hydrogens (tertiary/aromatic N) is 1. The van der Waals surface area contributed by atoms with Crippen molar-refractivity contribution < 1.29 is 37.3 Å². The van der Waals surface area contributed by atoms with E-state index in [-0.39, 0.29) is 25.4 Å². The summed E-state index contributed by atoms with van der Waals surface area (Å²) in [7, 11) is 1.11. The quantitative estimate of drug-likeness (QED) is 0.0212. The number of carbonyl (C=O) groups is 2. The zero-order valence-electron chi connectivity index (χ0n) is 50.3. The minimum absolute atomic E-state index is 0.0462. The molecule has 0 bridgehead atoms. The van der Waals surface area contributed by atoms with Crippen LogP contribution in [-0.2, 0) is 27.9 Å². The van der Waals surface area contributed by atoms with Crippen LogP contribution < -0.4 is 10.2 Å². The van der Waals surface area contributed by atoms with Crippen LogP contribution in [0.15, 0.2) is 146 Å². The van der Waals surface area contributed by atoms with Gasteiger partial charge in [0.1, 0.15) is 19.3 Å². The van der Waals surface area contributed by atoms with Crippen molar-refractivity contribution in [2.75, 3.05) is 40.9 Å². The number of hydrogen-bond acceptors (Lipinski definition) is 7. The van der Waals surface area contributed by atoms with Gasteiger partial charge in [-0.15, -0.1) is 0 Å². The van der Waals surface area contributed by atoms with Crippen LogP contribution in [0.25, 0.3) is 0 Å². The van der Waals surface area contributed by atoms with Gasteiger partial charge in [-0.2, -0.15) is 0 Å². The third kappa shape index (κ3) is 56.6. The fraction of sp³-hybridized carbons (Fsp3) is 0.618. The maximum absolute atomic E-state index is 13.5. The average molecular weight is 1100 g/mol. The normalized spacial score (nSPS) is 14.7. The van der Waals surface area contributed by atoms with Crippen molar-refractivity contribution in [1.29, 1.82) is 0 Å². The van der Waals surface area contributed by atoms with Crippen molar-refractivity contribution in [3.05, 3.63) is 146 Å². The lowest BCUT2D eigenvalue weighted by atomic mass is 10.0. The van der Waals surface area contributed by atoms with E-state index in [1.54, 1.807) is 6.08 Å². The molecule has 10 heteroatoms. The second-order valence-corrected chi connectivity index (χ2v) is 22.5. The van der Waals surface area contributed by atoms with E-state index in [1.165, 1.54) is 51.4 Å². The Morgan fingerprint density at radius 1 is 0.462 bits per heavy atom. The largest absolute Gasteiger partial charge is 0.756 e. The second-order valence-electron chi connectivity index (χ2n) is 21.1. The summed E-state index contributed by atoms with van der Waals surface area (Å²) >= 11 is 0. The van der Waals surface area contributed by atoms with Gasteiger partial charge >= 0.3 is 5.97 Å². The third-order valence-corrected chi connectivity index (χ3v) is 13.5. The predicted molar refractivity (Wildman–Crippen MR) is 334 cm³/mol. The molecule has 0 aliphatic rings. The first-order chi connectivity index (χ1) is 37.9. The van der Waals surface area contributed by atoms with Crippen molar-refractivity contribution in [3.63, 3.8) is 0 Å². The minimum atomic E-state index is -4.73. The Labute approximate surface area is 478 Å². The number of allylic oxidation sites excluding steroid dienone is 23. The number of esters is 1. The lowest BCUT2D eigenvalue weighted by Gasteiger charge is -2.30. The van der Waals surface area contributed by atoms with Crippen molar-refractivity contribution >= 4 is 19.7 Å². The summed E-state index contributed by atoms with van der Waals surface area (Å²) in [6.07, 6.45) is 81.1. The summed E-state index contributed by atoms with van der Waals surface area (Å²) in [6, 6.07) is -0.941. The number of ether oxygens (including phenoxy) is 1. The van der Waals surface area contributed by atoms with Crippen LogP contribution in [-0.4, -0.2) is 69.4 Å². The number of carbonyl (C=O) groups excluding carboxylic acids is 2. The number of nitrogens with one attached hydrogen (secondary N) is 1. The molecule has 9 nitrogen and oxygen atoms in total. The molecule has 78 heavy (non-hydrogen) atoms. The minimum Gasteiger partial charge on any atom is -0.756 e. The molecule has 0 saturated carbocycles. The summed E-state index contributed by atoms with van der Waals surface area (Å²) in [5.74, 6) is -0.673. The van der Waals surface area contributed by atoms with Crippen LogP contribution in [0.4, 0.5) is 0 Å². The van der Waals surface area contributed by atoms with Gasteiger partial charge in [-0.3, -0.25) is 14.2 Å². The van der Waals surface area contributed by atoms with E-state index in [0.717, 1.165) is 122 Å². The Balaban J connectivity index is 5.44. The molecule has 0 aromatic heterocycles. The molecule has 442 valence electrons. The fourth-order valence-corrected chi connectivity index (χ4v) is 8.59.